The van der Waals surface area contributed by atoms with E-state index in [1.54, 1.807) is 0 Å². The summed E-state index contributed by atoms with van der Waals surface area (Å²) in [5.74, 6) is -0.287. The summed E-state index contributed by atoms with van der Waals surface area (Å²) in [6, 6.07) is 6.90. The first-order valence-electron chi connectivity index (χ1n) is 8.15. The maximum atomic E-state index is 12.8. The van der Waals surface area contributed by atoms with Crippen LogP contribution in [0.2, 0.25) is 10.0 Å². The highest BCUT2D eigenvalue weighted by atomic mass is 35.5. The summed E-state index contributed by atoms with van der Waals surface area (Å²) >= 11 is 11.7. The predicted molar refractivity (Wildman–Crippen MR) is 99.6 cm³/mol. The molecule has 11 heteroatoms. The van der Waals surface area contributed by atoms with Gasteiger partial charge in [0.25, 0.3) is 0 Å². The Morgan fingerprint density at radius 3 is 2.34 bits per heavy atom. The summed E-state index contributed by atoms with van der Waals surface area (Å²) in [4.78, 5) is 10.5. The van der Waals surface area contributed by atoms with Gasteiger partial charge in [0.2, 0.25) is 5.75 Å². The number of nitro groups is 1. The molecule has 0 aromatic heterocycles. The third-order valence-electron chi connectivity index (χ3n) is 3.61. The van der Waals surface area contributed by atoms with E-state index in [1.165, 1.54) is 12.1 Å². The Balaban J connectivity index is 2.26. The quantitative estimate of drug-likeness (QED) is 0.252. The van der Waals surface area contributed by atoms with Crippen molar-refractivity contribution >= 4 is 28.9 Å². The van der Waals surface area contributed by atoms with Crippen molar-refractivity contribution in [3.63, 3.8) is 0 Å². The van der Waals surface area contributed by atoms with E-state index in [-0.39, 0.29) is 39.6 Å². The Hall–Kier alpha value is -2.70. The van der Waals surface area contributed by atoms with Crippen LogP contribution in [0.25, 0.3) is 0 Å². The second-order valence-electron chi connectivity index (χ2n) is 5.72. The minimum Gasteiger partial charge on any atom is -0.487 e. The van der Waals surface area contributed by atoms with Crippen molar-refractivity contribution in [1.82, 2.24) is 0 Å². The van der Waals surface area contributed by atoms with Gasteiger partial charge in [0, 0.05) is 18.6 Å². The molecule has 0 radical (unpaired) electrons. The molecule has 0 unspecified atom stereocenters. The number of benzene rings is 2. The van der Waals surface area contributed by atoms with E-state index >= 15 is 0 Å². The normalized spacial score (nSPS) is 11.0. The molecule has 154 valence electrons. The van der Waals surface area contributed by atoms with Gasteiger partial charge in [-0.05, 0) is 31.0 Å². The molecule has 0 bridgehead atoms. The van der Waals surface area contributed by atoms with E-state index in [9.17, 15) is 23.3 Å². The van der Waals surface area contributed by atoms with E-state index in [1.807, 2.05) is 6.07 Å². The van der Waals surface area contributed by atoms with Gasteiger partial charge < -0.3 is 9.47 Å². The lowest BCUT2D eigenvalue weighted by Gasteiger charge is -2.14. The zero-order chi connectivity index (χ0) is 21.6. The zero-order valence-corrected chi connectivity index (χ0v) is 16.1. The number of halogens is 5. The van der Waals surface area contributed by atoms with Crippen LogP contribution in [0.1, 0.15) is 24.8 Å². The highest BCUT2D eigenvalue weighted by Crippen LogP contribution is 2.42. The second-order valence-corrected chi connectivity index (χ2v) is 6.53. The molecular weight excluding hydrogens is 436 g/mol. The second kappa shape index (κ2) is 9.67. The van der Waals surface area contributed by atoms with Crippen LogP contribution >= 0.6 is 23.2 Å². The molecule has 0 spiro atoms. The topological polar surface area (TPSA) is 85.4 Å². The fourth-order valence-corrected chi connectivity index (χ4v) is 2.82. The molecule has 2 rings (SSSR count). The Labute approximate surface area is 173 Å². The van der Waals surface area contributed by atoms with Gasteiger partial charge in [-0.15, -0.1) is 0 Å². The first-order valence-corrected chi connectivity index (χ1v) is 8.91. The smallest absolute Gasteiger partial charge is 0.416 e. The molecular formula is C18H13Cl2F3N2O4. The van der Waals surface area contributed by atoms with Crippen LogP contribution in [-0.4, -0.2) is 11.5 Å². The molecule has 6 nitrogen and oxygen atoms in total. The van der Waals surface area contributed by atoms with Crippen molar-refractivity contribution in [3.8, 4) is 23.3 Å². The molecule has 0 heterocycles. The zero-order valence-electron chi connectivity index (χ0n) is 14.6. The van der Waals surface area contributed by atoms with Crippen molar-refractivity contribution in [1.29, 1.82) is 5.26 Å². The molecule has 2 aromatic rings. The molecule has 0 atom stereocenters. The average molecular weight is 449 g/mol. The van der Waals surface area contributed by atoms with Crippen molar-refractivity contribution in [2.45, 2.75) is 25.4 Å². The van der Waals surface area contributed by atoms with Gasteiger partial charge in [0.05, 0.1) is 33.2 Å². The number of rotatable bonds is 8. The molecule has 0 aliphatic carbocycles. The van der Waals surface area contributed by atoms with Crippen LogP contribution in [0.3, 0.4) is 0 Å². The molecule has 0 fully saturated rings. The predicted octanol–water partition coefficient (Wildman–Crippen LogP) is 6.79. The number of hydrogen-bond acceptors (Lipinski definition) is 5. The fraction of sp³-hybridized carbons (Fsp3) is 0.278. The van der Waals surface area contributed by atoms with Crippen LogP contribution in [0.4, 0.5) is 18.9 Å². The SMILES string of the molecule is N#CCCCCOc1cc(Oc2c(Cl)cc(C(F)(F)F)cc2Cl)ccc1[N+](=O)[O-]. The number of nitro benzene ring substituents is 1. The summed E-state index contributed by atoms with van der Waals surface area (Å²) < 4.78 is 49.3. The van der Waals surface area contributed by atoms with Crippen LogP contribution in [-0.2, 0) is 6.18 Å². The fourth-order valence-electron chi connectivity index (χ4n) is 2.25. The first-order chi connectivity index (χ1) is 13.6. The van der Waals surface area contributed by atoms with Crippen LogP contribution in [0, 0.1) is 21.4 Å². The van der Waals surface area contributed by atoms with E-state index in [4.69, 9.17) is 37.9 Å². The summed E-state index contributed by atoms with van der Waals surface area (Å²) in [7, 11) is 0. The molecule has 0 N–H and O–H groups in total. The van der Waals surface area contributed by atoms with E-state index in [2.05, 4.69) is 0 Å². The number of nitrogens with zero attached hydrogens (tertiary/aromatic N) is 2. The highest BCUT2D eigenvalue weighted by Gasteiger charge is 2.32. The van der Waals surface area contributed by atoms with Gasteiger partial charge in [-0.3, -0.25) is 10.1 Å². The van der Waals surface area contributed by atoms with Gasteiger partial charge >= 0.3 is 11.9 Å². The van der Waals surface area contributed by atoms with Gasteiger partial charge in [0.1, 0.15) is 5.75 Å². The van der Waals surface area contributed by atoms with Gasteiger partial charge in [0.15, 0.2) is 5.75 Å². The Bertz CT molecular complexity index is 923. The van der Waals surface area contributed by atoms with Gasteiger partial charge in [-0.25, -0.2) is 0 Å². The number of nitriles is 1. The van der Waals surface area contributed by atoms with Crippen molar-refractivity contribution < 1.29 is 27.6 Å². The van der Waals surface area contributed by atoms with Crippen molar-refractivity contribution in [2.75, 3.05) is 6.61 Å². The molecule has 2 aromatic carbocycles. The lowest BCUT2D eigenvalue weighted by molar-refractivity contribution is -0.385. The minimum atomic E-state index is -4.63. The van der Waals surface area contributed by atoms with Crippen LogP contribution < -0.4 is 9.47 Å². The Morgan fingerprint density at radius 1 is 1.14 bits per heavy atom. The number of ether oxygens (including phenoxy) is 2. The molecule has 0 amide bonds. The summed E-state index contributed by atoms with van der Waals surface area (Å²) in [5, 5.41) is 18.9. The molecule has 0 aliphatic rings. The Morgan fingerprint density at radius 2 is 1.79 bits per heavy atom. The van der Waals surface area contributed by atoms with Crippen LogP contribution in [0.5, 0.6) is 17.2 Å². The van der Waals surface area contributed by atoms with E-state index < -0.39 is 16.7 Å². The third kappa shape index (κ3) is 6.14. The summed E-state index contributed by atoms with van der Waals surface area (Å²) in [6.07, 6.45) is -3.23. The third-order valence-corrected chi connectivity index (χ3v) is 4.18. The standard InChI is InChI=1S/C18H13Cl2F3N2O4/c19-13-8-11(18(21,22)23)9-14(20)17(13)29-12-4-5-15(25(26)27)16(10-12)28-7-3-1-2-6-24/h4-5,8-10H,1-3,7H2. The lowest BCUT2D eigenvalue weighted by Crippen LogP contribution is -2.05. The van der Waals surface area contributed by atoms with E-state index in [0.29, 0.717) is 31.4 Å². The van der Waals surface area contributed by atoms with Gasteiger partial charge in [-0.2, -0.15) is 18.4 Å². The highest BCUT2D eigenvalue weighted by molar-refractivity contribution is 6.37. The van der Waals surface area contributed by atoms with Crippen molar-refractivity contribution in [3.05, 3.63) is 56.1 Å². The maximum absolute atomic E-state index is 12.8. The van der Waals surface area contributed by atoms with Crippen LogP contribution in [0.15, 0.2) is 30.3 Å². The monoisotopic (exact) mass is 448 g/mol. The minimum absolute atomic E-state index is 0.0335. The largest absolute Gasteiger partial charge is 0.487 e. The summed E-state index contributed by atoms with van der Waals surface area (Å²) in [6.45, 7) is 0.133. The Kier molecular flexibility index (Phi) is 7.53. The van der Waals surface area contributed by atoms with Crippen molar-refractivity contribution in [2.24, 2.45) is 0 Å². The molecule has 0 aliphatic heterocycles. The molecule has 0 saturated heterocycles. The summed E-state index contributed by atoms with van der Waals surface area (Å²) in [5.41, 5.74) is -1.35. The maximum Gasteiger partial charge on any atom is 0.416 e. The first kappa shape index (κ1) is 22.6. The average Bonchev–Trinajstić information content (AvgIpc) is 2.63. The number of unbranched alkanes of at least 4 members (excludes halogenated alkanes) is 2. The lowest BCUT2D eigenvalue weighted by atomic mass is 10.2. The number of hydrogen-bond donors (Lipinski definition) is 0. The molecule has 29 heavy (non-hydrogen) atoms. The number of alkyl halides is 3. The van der Waals surface area contributed by atoms with Gasteiger partial charge in [-0.1, -0.05) is 23.2 Å². The molecule has 0 saturated carbocycles. The van der Waals surface area contributed by atoms with E-state index in [0.717, 1.165) is 6.07 Å².